The van der Waals surface area contributed by atoms with Crippen molar-refractivity contribution in [3.05, 3.63) is 23.5 Å². The number of fused-ring (bicyclic) bond motifs is 1. The number of morpholine rings is 1. The molecule has 3 rings (SSSR count). The predicted octanol–water partition coefficient (Wildman–Crippen LogP) is 1.39. The monoisotopic (exact) mass is 338 g/mol. The standard InChI is InChI=1S/C17H23FN2O4/c1-19-7-6-13-12(10-19)20(8-9-24-13)17(21)15-11(18)4-5-14(22-2)16(15)23-3/h4-5,12-13H,6-10H2,1-3H3. The van der Waals surface area contributed by atoms with Gasteiger partial charge in [-0.05, 0) is 25.6 Å². The first-order valence-corrected chi connectivity index (χ1v) is 8.08. The van der Waals surface area contributed by atoms with Gasteiger partial charge in [-0.25, -0.2) is 4.39 Å². The Bertz CT molecular complexity index is 625. The van der Waals surface area contributed by atoms with E-state index in [4.69, 9.17) is 14.2 Å². The van der Waals surface area contributed by atoms with Gasteiger partial charge in [-0.2, -0.15) is 0 Å². The lowest BCUT2D eigenvalue weighted by atomic mass is 9.98. The van der Waals surface area contributed by atoms with Crippen molar-refractivity contribution < 1.29 is 23.4 Å². The number of likely N-dealkylation sites (N-methyl/N-ethyl adjacent to an activating group) is 1. The topological polar surface area (TPSA) is 51.2 Å². The number of ether oxygens (including phenoxy) is 3. The van der Waals surface area contributed by atoms with Crippen LogP contribution < -0.4 is 9.47 Å². The van der Waals surface area contributed by atoms with Gasteiger partial charge in [-0.15, -0.1) is 0 Å². The number of methoxy groups -OCH3 is 2. The Balaban J connectivity index is 1.96. The van der Waals surface area contributed by atoms with Crippen LogP contribution in [0, 0.1) is 5.82 Å². The number of carbonyl (C=O) groups excluding carboxylic acids is 1. The highest BCUT2D eigenvalue weighted by Crippen LogP contribution is 2.35. The van der Waals surface area contributed by atoms with Crippen molar-refractivity contribution in [3.8, 4) is 11.5 Å². The second-order valence-electron chi connectivity index (χ2n) is 6.18. The quantitative estimate of drug-likeness (QED) is 0.834. The molecule has 2 heterocycles. The molecule has 7 heteroatoms. The SMILES string of the molecule is COc1ccc(F)c(C(=O)N2CCOC3CCN(C)CC32)c1OC. The second-order valence-corrected chi connectivity index (χ2v) is 6.18. The molecule has 2 atom stereocenters. The number of nitrogens with zero attached hydrogens (tertiary/aromatic N) is 2. The Labute approximate surface area is 141 Å². The molecule has 0 bridgehead atoms. The first-order chi connectivity index (χ1) is 11.6. The van der Waals surface area contributed by atoms with E-state index in [1.807, 2.05) is 7.05 Å². The van der Waals surface area contributed by atoms with Gasteiger partial charge < -0.3 is 24.0 Å². The van der Waals surface area contributed by atoms with Crippen LogP contribution in [-0.2, 0) is 4.74 Å². The van der Waals surface area contributed by atoms with Crippen LogP contribution >= 0.6 is 0 Å². The Morgan fingerprint density at radius 3 is 2.79 bits per heavy atom. The summed E-state index contributed by atoms with van der Waals surface area (Å²) in [6.07, 6.45) is 0.862. The number of amides is 1. The van der Waals surface area contributed by atoms with E-state index in [-0.39, 0.29) is 29.4 Å². The van der Waals surface area contributed by atoms with Crippen molar-refractivity contribution in [1.82, 2.24) is 9.80 Å². The summed E-state index contributed by atoms with van der Waals surface area (Å²) in [5.41, 5.74) is -0.0780. The summed E-state index contributed by atoms with van der Waals surface area (Å²) in [6, 6.07) is 2.61. The molecule has 0 aromatic heterocycles. The van der Waals surface area contributed by atoms with Gasteiger partial charge in [0.15, 0.2) is 11.5 Å². The molecule has 1 amide bonds. The third-order valence-electron chi connectivity index (χ3n) is 4.76. The predicted molar refractivity (Wildman–Crippen MR) is 86.2 cm³/mol. The average molecular weight is 338 g/mol. The molecule has 1 aromatic carbocycles. The fraction of sp³-hybridized carbons (Fsp3) is 0.588. The normalized spacial score (nSPS) is 24.4. The number of rotatable bonds is 3. The summed E-state index contributed by atoms with van der Waals surface area (Å²) in [7, 11) is 4.88. The zero-order valence-corrected chi connectivity index (χ0v) is 14.3. The van der Waals surface area contributed by atoms with E-state index in [9.17, 15) is 9.18 Å². The molecule has 24 heavy (non-hydrogen) atoms. The summed E-state index contributed by atoms with van der Waals surface area (Å²) in [6.45, 7) is 2.54. The molecule has 6 nitrogen and oxygen atoms in total. The van der Waals surface area contributed by atoms with Crippen molar-refractivity contribution >= 4 is 5.91 Å². The van der Waals surface area contributed by atoms with E-state index in [1.165, 1.54) is 26.4 Å². The Hall–Kier alpha value is -1.86. The number of carbonyl (C=O) groups is 1. The Kier molecular flexibility index (Phi) is 4.91. The number of benzene rings is 1. The van der Waals surface area contributed by atoms with Crippen LogP contribution in [0.25, 0.3) is 0 Å². The molecule has 0 N–H and O–H groups in total. The first-order valence-electron chi connectivity index (χ1n) is 8.08. The lowest BCUT2D eigenvalue weighted by Crippen LogP contribution is -2.60. The Morgan fingerprint density at radius 1 is 1.29 bits per heavy atom. The maximum absolute atomic E-state index is 14.4. The van der Waals surface area contributed by atoms with Crippen LogP contribution in [0.2, 0.25) is 0 Å². The summed E-state index contributed by atoms with van der Waals surface area (Å²) < 4.78 is 30.7. The van der Waals surface area contributed by atoms with E-state index in [0.29, 0.717) is 25.4 Å². The molecule has 0 spiro atoms. The fourth-order valence-corrected chi connectivity index (χ4v) is 3.53. The van der Waals surface area contributed by atoms with Gasteiger partial charge in [0.05, 0.1) is 33.0 Å². The molecule has 0 saturated carbocycles. The van der Waals surface area contributed by atoms with E-state index >= 15 is 0 Å². The zero-order valence-electron chi connectivity index (χ0n) is 14.3. The molecule has 0 radical (unpaired) electrons. The zero-order chi connectivity index (χ0) is 17.3. The highest BCUT2D eigenvalue weighted by Gasteiger charge is 2.40. The summed E-state index contributed by atoms with van der Waals surface area (Å²) in [5, 5.41) is 0. The van der Waals surface area contributed by atoms with E-state index in [0.717, 1.165) is 13.0 Å². The van der Waals surface area contributed by atoms with Gasteiger partial charge in [0.2, 0.25) is 0 Å². The molecule has 2 aliphatic rings. The van der Waals surface area contributed by atoms with Gasteiger partial charge in [-0.1, -0.05) is 0 Å². The fourth-order valence-electron chi connectivity index (χ4n) is 3.53. The van der Waals surface area contributed by atoms with Crippen LogP contribution in [0.4, 0.5) is 4.39 Å². The van der Waals surface area contributed by atoms with Crippen molar-refractivity contribution in [2.24, 2.45) is 0 Å². The molecule has 2 saturated heterocycles. The van der Waals surface area contributed by atoms with Gasteiger partial charge in [0.1, 0.15) is 11.4 Å². The molecular formula is C17H23FN2O4. The van der Waals surface area contributed by atoms with E-state index in [1.54, 1.807) is 4.90 Å². The number of likely N-dealkylation sites (tertiary alicyclic amines) is 1. The molecule has 2 unspecified atom stereocenters. The minimum atomic E-state index is -0.607. The molecule has 0 aliphatic carbocycles. The average Bonchev–Trinajstić information content (AvgIpc) is 2.60. The van der Waals surface area contributed by atoms with Gasteiger partial charge in [0, 0.05) is 19.6 Å². The smallest absolute Gasteiger partial charge is 0.261 e. The van der Waals surface area contributed by atoms with Gasteiger partial charge in [0.25, 0.3) is 5.91 Å². The van der Waals surface area contributed by atoms with Crippen molar-refractivity contribution in [2.45, 2.75) is 18.6 Å². The third kappa shape index (κ3) is 2.93. The maximum Gasteiger partial charge on any atom is 0.261 e. The molecule has 2 aliphatic heterocycles. The molecular weight excluding hydrogens is 315 g/mol. The van der Waals surface area contributed by atoms with Crippen LogP contribution in [0.5, 0.6) is 11.5 Å². The van der Waals surface area contributed by atoms with E-state index in [2.05, 4.69) is 4.90 Å². The first kappa shape index (κ1) is 17.0. The van der Waals surface area contributed by atoms with Crippen LogP contribution in [-0.4, -0.2) is 75.4 Å². The number of halogens is 1. The summed E-state index contributed by atoms with van der Waals surface area (Å²) >= 11 is 0. The number of hydrogen-bond donors (Lipinski definition) is 0. The van der Waals surface area contributed by atoms with Crippen molar-refractivity contribution in [3.63, 3.8) is 0 Å². The highest BCUT2D eigenvalue weighted by atomic mass is 19.1. The Morgan fingerprint density at radius 2 is 2.08 bits per heavy atom. The number of piperidine rings is 1. The van der Waals surface area contributed by atoms with Crippen LogP contribution in [0.3, 0.4) is 0 Å². The van der Waals surface area contributed by atoms with Crippen molar-refractivity contribution in [1.29, 1.82) is 0 Å². The summed E-state index contributed by atoms with van der Waals surface area (Å²) in [4.78, 5) is 17.0. The minimum absolute atomic E-state index is 0.00133. The molecule has 132 valence electrons. The minimum Gasteiger partial charge on any atom is -0.493 e. The van der Waals surface area contributed by atoms with Crippen molar-refractivity contribution in [2.75, 3.05) is 47.5 Å². The van der Waals surface area contributed by atoms with E-state index < -0.39 is 5.82 Å². The molecule has 1 aromatic rings. The molecule has 2 fully saturated rings. The number of hydrogen-bond acceptors (Lipinski definition) is 5. The summed E-state index contributed by atoms with van der Waals surface area (Å²) in [5.74, 6) is -0.510. The third-order valence-corrected chi connectivity index (χ3v) is 4.76. The van der Waals surface area contributed by atoms with Crippen LogP contribution in [0.1, 0.15) is 16.8 Å². The lowest BCUT2D eigenvalue weighted by molar-refractivity contribution is -0.0871. The largest absolute Gasteiger partial charge is 0.493 e. The highest BCUT2D eigenvalue weighted by molar-refractivity contribution is 5.98. The van der Waals surface area contributed by atoms with Gasteiger partial charge >= 0.3 is 0 Å². The second kappa shape index (κ2) is 6.94. The maximum atomic E-state index is 14.4. The lowest BCUT2D eigenvalue weighted by Gasteiger charge is -2.46. The van der Waals surface area contributed by atoms with Crippen LogP contribution in [0.15, 0.2) is 12.1 Å². The van der Waals surface area contributed by atoms with Gasteiger partial charge in [-0.3, -0.25) is 4.79 Å².